The number of benzene rings is 1. The molecule has 2 N–H and O–H groups in total. The van der Waals surface area contributed by atoms with Gasteiger partial charge in [-0.3, -0.25) is 4.90 Å². The molecule has 0 radical (unpaired) electrons. The number of nitrogens with one attached hydrogen (secondary N) is 2. The fraction of sp³-hybridized carbons (Fsp3) is 0.450. The number of hydrogen-bond donors (Lipinski definition) is 2. The van der Waals surface area contributed by atoms with Gasteiger partial charge in [-0.05, 0) is 43.2 Å². The zero-order chi connectivity index (χ0) is 19.1. The normalized spacial score (nSPS) is 16.1. The van der Waals surface area contributed by atoms with Gasteiger partial charge in [-0.25, -0.2) is 4.79 Å². The van der Waals surface area contributed by atoms with Gasteiger partial charge in [0.2, 0.25) is 0 Å². The van der Waals surface area contributed by atoms with Crippen molar-refractivity contribution in [2.75, 3.05) is 39.4 Å². The molecule has 1 aromatic carbocycles. The Morgan fingerprint density at radius 2 is 1.89 bits per heavy atom. The molecule has 146 valence electrons. The molecule has 0 spiro atoms. The highest BCUT2D eigenvalue weighted by atomic mass is 35.5. The molecule has 0 bridgehead atoms. The van der Waals surface area contributed by atoms with Crippen molar-refractivity contribution in [2.45, 2.75) is 19.4 Å². The number of carbonyl (C=O) groups is 1. The van der Waals surface area contributed by atoms with E-state index in [0.29, 0.717) is 31.3 Å². The summed E-state index contributed by atoms with van der Waals surface area (Å²) < 4.78 is 11.3. The lowest BCUT2D eigenvalue weighted by molar-refractivity contribution is 0.0121. The van der Waals surface area contributed by atoms with E-state index in [9.17, 15) is 4.79 Å². The van der Waals surface area contributed by atoms with Gasteiger partial charge in [-0.2, -0.15) is 0 Å². The van der Waals surface area contributed by atoms with Crippen molar-refractivity contribution >= 4 is 17.6 Å². The molecule has 1 saturated heterocycles. The third-order valence-electron chi connectivity index (χ3n) is 4.64. The van der Waals surface area contributed by atoms with Crippen molar-refractivity contribution < 1.29 is 13.9 Å². The number of halogens is 1. The molecule has 2 amide bonds. The second-order valence-electron chi connectivity index (χ2n) is 6.63. The van der Waals surface area contributed by atoms with Crippen LogP contribution in [-0.4, -0.2) is 50.3 Å². The summed E-state index contributed by atoms with van der Waals surface area (Å²) in [5, 5.41) is 6.59. The molecule has 6 nitrogen and oxygen atoms in total. The molecule has 27 heavy (non-hydrogen) atoms. The third kappa shape index (κ3) is 5.99. The minimum absolute atomic E-state index is 0.00427. The van der Waals surface area contributed by atoms with E-state index in [4.69, 9.17) is 20.8 Å². The van der Waals surface area contributed by atoms with E-state index in [2.05, 4.69) is 15.5 Å². The zero-order valence-electron chi connectivity index (χ0n) is 15.5. The molecule has 0 saturated carbocycles. The van der Waals surface area contributed by atoms with Gasteiger partial charge in [-0.15, -0.1) is 0 Å². The Morgan fingerprint density at radius 3 is 2.56 bits per heavy atom. The summed E-state index contributed by atoms with van der Waals surface area (Å²) in [7, 11) is 0. The summed E-state index contributed by atoms with van der Waals surface area (Å²) in [6.07, 6.45) is 0.759. The number of carbonyl (C=O) groups excluding carboxylic acids is 1. The lowest BCUT2D eigenvalue weighted by Gasteiger charge is -2.33. The Kier molecular flexibility index (Phi) is 7.15. The summed E-state index contributed by atoms with van der Waals surface area (Å²) in [6.45, 7) is 6.02. The van der Waals surface area contributed by atoms with Gasteiger partial charge in [0, 0.05) is 31.2 Å². The molecular formula is C20H26ClN3O3. The molecule has 7 heteroatoms. The molecule has 1 atom stereocenters. The maximum Gasteiger partial charge on any atom is 0.314 e. The number of urea groups is 1. The van der Waals surface area contributed by atoms with E-state index >= 15 is 0 Å². The molecule has 3 rings (SSSR count). The third-order valence-corrected chi connectivity index (χ3v) is 4.90. The number of aryl methyl sites for hydroxylation is 1. The van der Waals surface area contributed by atoms with Crippen LogP contribution >= 0.6 is 11.6 Å². The van der Waals surface area contributed by atoms with Gasteiger partial charge in [0.25, 0.3) is 0 Å². The van der Waals surface area contributed by atoms with Crippen molar-refractivity contribution in [3.8, 4) is 0 Å². The number of rotatable bonds is 7. The molecule has 2 heterocycles. The van der Waals surface area contributed by atoms with Crippen LogP contribution in [0.15, 0.2) is 40.8 Å². The Hall–Kier alpha value is -2.02. The lowest BCUT2D eigenvalue weighted by Crippen LogP contribution is -2.45. The van der Waals surface area contributed by atoms with Gasteiger partial charge < -0.3 is 19.8 Å². The SMILES string of the molecule is Cc1ccc(C(CNC(=O)NCCc2ccc(Cl)cc2)N2CCOCC2)o1. The smallest absolute Gasteiger partial charge is 0.314 e. The largest absolute Gasteiger partial charge is 0.465 e. The van der Waals surface area contributed by atoms with Crippen LogP contribution in [0.1, 0.15) is 23.1 Å². The van der Waals surface area contributed by atoms with Crippen LogP contribution in [-0.2, 0) is 11.2 Å². The van der Waals surface area contributed by atoms with Crippen molar-refractivity contribution in [2.24, 2.45) is 0 Å². The Labute approximate surface area is 164 Å². The first kappa shape index (κ1) is 19.7. The van der Waals surface area contributed by atoms with Crippen LogP contribution in [0.25, 0.3) is 0 Å². The predicted octanol–water partition coefficient (Wildman–Crippen LogP) is 3.16. The molecule has 1 fully saturated rings. The molecule has 2 aromatic rings. The molecular weight excluding hydrogens is 366 g/mol. The van der Waals surface area contributed by atoms with E-state index in [1.165, 1.54) is 0 Å². The minimum atomic E-state index is -0.175. The fourth-order valence-corrected chi connectivity index (χ4v) is 3.28. The number of morpholine rings is 1. The Balaban J connectivity index is 1.48. The van der Waals surface area contributed by atoms with Gasteiger partial charge in [0.1, 0.15) is 11.5 Å². The van der Waals surface area contributed by atoms with E-state index in [1.54, 1.807) is 0 Å². The lowest BCUT2D eigenvalue weighted by atomic mass is 10.1. The number of ether oxygens (including phenoxy) is 1. The first-order chi connectivity index (χ1) is 13.1. The highest BCUT2D eigenvalue weighted by Gasteiger charge is 2.25. The van der Waals surface area contributed by atoms with Crippen LogP contribution in [0.3, 0.4) is 0 Å². The van der Waals surface area contributed by atoms with Gasteiger partial charge in [0.05, 0.1) is 19.3 Å². The van der Waals surface area contributed by atoms with Crippen LogP contribution < -0.4 is 10.6 Å². The number of hydrogen-bond acceptors (Lipinski definition) is 4. The second kappa shape index (κ2) is 9.78. The van der Waals surface area contributed by atoms with Gasteiger partial charge >= 0.3 is 6.03 Å². The summed E-state index contributed by atoms with van der Waals surface area (Å²) in [4.78, 5) is 14.5. The fourth-order valence-electron chi connectivity index (χ4n) is 3.15. The summed E-state index contributed by atoms with van der Waals surface area (Å²) in [5.41, 5.74) is 1.14. The van der Waals surface area contributed by atoms with Crippen molar-refractivity contribution in [1.82, 2.24) is 15.5 Å². The van der Waals surface area contributed by atoms with Crippen LogP contribution in [0, 0.1) is 6.92 Å². The molecule has 1 aliphatic rings. The first-order valence-corrected chi connectivity index (χ1v) is 9.64. The van der Waals surface area contributed by atoms with E-state index in [-0.39, 0.29) is 12.1 Å². The van der Waals surface area contributed by atoms with Crippen molar-refractivity contribution in [1.29, 1.82) is 0 Å². The maximum atomic E-state index is 12.2. The topological polar surface area (TPSA) is 66.7 Å². The number of amides is 2. The average molecular weight is 392 g/mol. The summed E-state index contributed by atoms with van der Waals surface area (Å²) in [5.74, 6) is 1.74. The molecule has 1 aromatic heterocycles. The molecule has 1 aliphatic heterocycles. The van der Waals surface area contributed by atoms with Crippen LogP contribution in [0.5, 0.6) is 0 Å². The number of furan rings is 1. The molecule has 0 aliphatic carbocycles. The number of nitrogens with zero attached hydrogens (tertiary/aromatic N) is 1. The summed E-state index contributed by atoms with van der Waals surface area (Å²) >= 11 is 5.88. The summed E-state index contributed by atoms with van der Waals surface area (Å²) in [6, 6.07) is 11.4. The van der Waals surface area contributed by atoms with Crippen LogP contribution in [0.2, 0.25) is 5.02 Å². The first-order valence-electron chi connectivity index (χ1n) is 9.26. The average Bonchev–Trinajstić information content (AvgIpc) is 3.10. The van der Waals surface area contributed by atoms with Crippen molar-refractivity contribution in [3.05, 3.63) is 58.5 Å². The highest BCUT2D eigenvalue weighted by molar-refractivity contribution is 6.30. The van der Waals surface area contributed by atoms with Gasteiger partial charge in [0.15, 0.2) is 0 Å². The predicted molar refractivity (Wildman–Crippen MR) is 105 cm³/mol. The van der Waals surface area contributed by atoms with Gasteiger partial charge in [-0.1, -0.05) is 23.7 Å². The van der Waals surface area contributed by atoms with E-state index < -0.39 is 0 Å². The maximum absolute atomic E-state index is 12.2. The van der Waals surface area contributed by atoms with Crippen LogP contribution in [0.4, 0.5) is 4.79 Å². The Bertz CT molecular complexity index is 726. The monoisotopic (exact) mass is 391 g/mol. The van der Waals surface area contributed by atoms with E-state index in [1.807, 2.05) is 43.3 Å². The van der Waals surface area contributed by atoms with E-state index in [0.717, 1.165) is 36.6 Å². The quantitative estimate of drug-likeness (QED) is 0.760. The second-order valence-corrected chi connectivity index (χ2v) is 7.06. The highest BCUT2D eigenvalue weighted by Crippen LogP contribution is 2.23. The zero-order valence-corrected chi connectivity index (χ0v) is 16.3. The Morgan fingerprint density at radius 1 is 1.15 bits per heavy atom. The van der Waals surface area contributed by atoms with Crippen molar-refractivity contribution in [3.63, 3.8) is 0 Å². The molecule has 1 unspecified atom stereocenters. The standard InChI is InChI=1S/C20H26ClN3O3/c1-15-2-7-19(27-15)18(24-10-12-26-13-11-24)14-23-20(25)22-9-8-16-3-5-17(21)6-4-16/h2-7,18H,8-14H2,1H3,(H2,22,23,25). The minimum Gasteiger partial charge on any atom is -0.465 e.